The van der Waals surface area contributed by atoms with Gasteiger partial charge >= 0.3 is 5.97 Å². The van der Waals surface area contributed by atoms with Crippen molar-refractivity contribution in [1.82, 2.24) is 0 Å². The molecule has 3 rings (SSSR count). The second kappa shape index (κ2) is 9.79. The number of ether oxygens (including phenoxy) is 3. The highest BCUT2D eigenvalue weighted by atomic mass is 17.1. The van der Waals surface area contributed by atoms with E-state index in [-0.39, 0.29) is 19.0 Å². The molecular formula is C20H21O9-. The fourth-order valence-corrected chi connectivity index (χ4v) is 3.00. The number of carbonyl (C=O) groups is 1. The molecule has 3 N–H and O–H groups in total. The third-order valence-electron chi connectivity index (χ3n) is 4.53. The highest BCUT2D eigenvalue weighted by Crippen LogP contribution is 2.28. The zero-order valence-electron chi connectivity index (χ0n) is 15.3. The van der Waals surface area contributed by atoms with Crippen LogP contribution in [0.2, 0.25) is 0 Å². The van der Waals surface area contributed by atoms with Gasteiger partial charge in [0.15, 0.2) is 6.10 Å². The smallest absolute Gasteiger partial charge is 0.338 e. The lowest BCUT2D eigenvalue weighted by Crippen LogP contribution is -2.64. The monoisotopic (exact) mass is 405 g/mol. The van der Waals surface area contributed by atoms with Gasteiger partial charge in [0.05, 0.1) is 12.2 Å². The summed E-state index contributed by atoms with van der Waals surface area (Å²) in [5.74, 6) is -0.399. The summed E-state index contributed by atoms with van der Waals surface area (Å²) in [6.07, 6.45) is -7.47. The minimum atomic E-state index is -1.93. The van der Waals surface area contributed by atoms with E-state index in [9.17, 15) is 20.1 Å². The van der Waals surface area contributed by atoms with Crippen LogP contribution in [0.3, 0.4) is 0 Å². The Hall–Kier alpha value is -2.53. The Kier molecular flexibility index (Phi) is 7.15. The van der Waals surface area contributed by atoms with Crippen molar-refractivity contribution in [2.24, 2.45) is 0 Å². The highest BCUT2D eigenvalue weighted by Gasteiger charge is 2.44. The lowest BCUT2D eigenvalue weighted by Gasteiger charge is -2.45. The maximum Gasteiger partial charge on any atom is 0.338 e. The van der Waals surface area contributed by atoms with Crippen molar-refractivity contribution in [1.29, 1.82) is 0 Å². The summed E-state index contributed by atoms with van der Waals surface area (Å²) in [7, 11) is 0. The molecule has 2 aromatic rings. The van der Waals surface area contributed by atoms with Gasteiger partial charge in [-0.15, -0.1) is 0 Å². The maximum atomic E-state index is 12.2. The van der Waals surface area contributed by atoms with E-state index in [4.69, 9.17) is 19.5 Å². The maximum absolute atomic E-state index is 12.2. The van der Waals surface area contributed by atoms with E-state index in [1.165, 1.54) is 0 Å². The highest BCUT2D eigenvalue weighted by molar-refractivity contribution is 5.89. The largest absolute Gasteiger partial charge is 0.829 e. The van der Waals surface area contributed by atoms with Gasteiger partial charge in [0, 0.05) is 11.9 Å². The Morgan fingerprint density at radius 2 is 1.76 bits per heavy atom. The standard InChI is InChI=1S/C20H21O9/c21-10-13-8-4-5-9-14(13)27-17-15(28-20(24)18(29-25)16(17)22)11-26-19(23)12-6-2-1-3-7-12/h1-9,15-18,20-22,25H,10-11H2/q-1/t15-,16+,17-,18-,20-/m1/s1. The molecule has 29 heavy (non-hydrogen) atoms. The molecule has 0 unspecified atom stereocenters. The number of esters is 1. The molecule has 0 bridgehead atoms. The first-order chi connectivity index (χ1) is 14.0. The van der Waals surface area contributed by atoms with Crippen LogP contribution in [0, 0.1) is 0 Å². The topological polar surface area (TPSA) is 138 Å². The number of rotatable bonds is 7. The number of aliphatic hydroxyl groups excluding tert-OH is 2. The Balaban J connectivity index is 1.77. The number of hydrogen-bond donors (Lipinski definition) is 3. The summed E-state index contributed by atoms with van der Waals surface area (Å²) >= 11 is 0. The number of aliphatic hydroxyl groups is 2. The van der Waals surface area contributed by atoms with Crippen LogP contribution in [0.5, 0.6) is 5.75 Å². The third kappa shape index (κ3) is 4.91. The minimum Gasteiger partial charge on any atom is -0.829 e. The number of carbonyl (C=O) groups excluding carboxylic acids is 1. The number of benzene rings is 2. The molecule has 1 aliphatic rings. The van der Waals surface area contributed by atoms with Gasteiger partial charge in [0.1, 0.15) is 30.7 Å². The summed E-state index contributed by atoms with van der Waals surface area (Å²) in [6.45, 7) is -0.703. The Morgan fingerprint density at radius 3 is 2.45 bits per heavy atom. The van der Waals surface area contributed by atoms with Crippen LogP contribution in [0.25, 0.3) is 0 Å². The average molecular weight is 405 g/mol. The van der Waals surface area contributed by atoms with Crippen molar-refractivity contribution < 1.29 is 44.5 Å². The molecular weight excluding hydrogens is 384 g/mol. The van der Waals surface area contributed by atoms with E-state index in [1.807, 2.05) is 0 Å². The van der Waals surface area contributed by atoms with E-state index in [2.05, 4.69) is 4.89 Å². The zero-order valence-corrected chi connectivity index (χ0v) is 15.3. The number of para-hydroxylation sites is 1. The minimum absolute atomic E-state index is 0.239. The van der Waals surface area contributed by atoms with Gasteiger partial charge in [-0.2, -0.15) is 0 Å². The van der Waals surface area contributed by atoms with Crippen LogP contribution in [-0.4, -0.2) is 58.8 Å². The second-order valence-corrected chi connectivity index (χ2v) is 6.42. The van der Waals surface area contributed by atoms with Crippen molar-refractivity contribution in [3.05, 3.63) is 65.7 Å². The summed E-state index contributed by atoms with van der Waals surface area (Å²) in [5, 5.41) is 41.0. The van der Waals surface area contributed by atoms with Crippen molar-refractivity contribution in [2.45, 2.75) is 37.3 Å². The van der Waals surface area contributed by atoms with E-state index < -0.39 is 36.7 Å². The summed E-state index contributed by atoms with van der Waals surface area (Å²) < 4.78 is 16.2. The molecule has 1 saturated heterocycles. The first-order valence-electron chi connectivity index (χ1n) is 8.92. The molecule has 9 heteroatoms. The van der Waals surface area contributed by atoms with E-state index in [0.29, 0.717) is 11.1 Å². The molecule has 5 atom stereocenters. The molecule has 0 radical (unpaired) electrons. The van der Waals surface area contributed by atoms with E-state index in [0.717, 1.165) is 0 Å². The lowest BCUT2D eigenvalue weighted by atomic mass is 9.98. The summed E-state index contributed by atoms with van der Waals surface area (Å²) in [6, 6.07) is 14.8. The Labute approximate surface area is 166 Å². The van der Waals surface area contributed by atoms with Gasteiger partial charge < -0.3 is 29.5 Å². The fraction of sp³-hybridized carbons (Fsp3) is 0.350. The first-order valence-corrected chi connectivity index (χ1v) is 8.92. The van der Waals surface area contributed by atoms with Crippen LogP contribution >= 0.6 is 0 Å². The van der Waals surface area contributed by atoms with Crippen LogP contribution in [0.15, 0.2) is 54.6 Å². The van der Waals surface area contributed by atoms with Gasteiger partial charge in [-0.1, -0.05) is 36.4 Å². The molecule has 1 fully saturated rings. The van der Waals surface area contributed by atoms with Crippen molar-refractivity contribution in [3.63, 3.8) is 0 Å². The average Bonchev–Trinajstić information content (AvgIpc) is 2.75. The Morgan fingerprint density at radius 1 is 1.07 bits per heavy atom. The summed E-state index contributed by atoms with van der Waals surface area (Å²) in [5.41, 5.74) is 0.743. The van der Waals surface area contributed by atoms with Gasteiger partial charge in [-0.25, -0.2) is 9.68 Å². The Bertz CT molecular complexity index is 798. The quantitative estimate of drug-likeness (QED) is 0.332. The van der Waals surface area contributed by atoms with Gasteiger partial charge in [-0.3, -0.25) is 5.26 Å². The second-order valence-electron chi connectivity index (χ2n) is 6.42. The molecule has 1 heterocycles. The van der Waals surface area contributed by atoms with Crippen molar-refractivity contribution in [3.8, 4) is 5.75 Å². The fourth-order valence-electron chi connectivity index (χ4n) is 3.00. The van der Waals surface area contributed by atoms with Gasteiger partial charge in [0.25, 0.3) is 0 Å². The predicted molar refractivity (Wildman–Crippen MR) is 95.7 cm³/mol. The predicted octanol–water partition coefficient (Wildman–Crippen LogP) is 0.0876. The van der Waals surface area contributed by atoms with Crippen molar-refractivity contribution >= 4 is 5.97 Å². The lowest BCUT2D eigenvalue weighted by molar-refractivity contribution is -0.551. The van der Waals surface area contributed by atoms with Crippen LogP contribution in [-0.2, 0) is 21.0 Å². The van der Waals surface area contributed by atoms with E-state index in [1.54, 1.807) is 54.6 Å². The molecule has 0 aliphatic carbocycles. The van der Waals surface area contributed by atoms with Gasteiger partial charge in [-0.05, 0) is 18.2 Å². The molecule has 2 aromatic carbocycles. The van der Waals surface area contributed by atoms with Crippen LogP contribution < -0.4 is 9.84 Å². The molecule has 1 aliphatic heterocycles. The normalized spacial score (nSPS) is 26.7. The van der Waals surface area contributed by atoms with Crippen LogP contribution in [0.4, 0.5) is 0 Å². The molecule has 156 valence electrons. The van der Waals surface area contributed by atoms with Crippen molar-refractivity contribution in [2.75, 3.05) is 6.61 Å². The summed E-state index contributed by atoms with van der Waals surface area (Å²) in [4.78, 5) is 16.2. The molecule has 9 nitrogen and oxygen atoms in total. The third-order valence-corrected chi connectivity index (χ3v) is 4.53. The number of hydrogen-bond acceptors (Lipinski definition) is 9. The SMILES string of the molecule is O=C(OC[C@H]1O[C@@H]([O-])[C@H](OO)[C@@H](O)[C@@H]1Oc1ccccc1CO)c1ccccc1. The van der Waals surface area contributed by atoms with Gasteiger partial charge in [0.2, 0.25) is 0 Å². The molecule has 0 spiro atoms. The first kappa shape index (κ1) is 21.2. The zero-order chi connectivity index (χ0) is 20.8. The molecule has 0 aromatic heterocycles. The molecule has 0 amide bonds. The van der Waals surface area contributed by atoms with E-state index >= 15 is 0 Å². The van der Waals surface area contributed by atoms with Crippen LogP contribution in [0.1, 0.15) is 15.9 Å². The molecule has 0 saturated carbocycles.